The minimum atomic E-state index is -0.721. The van der Waals surface area contributed by atoms with E-state index in [1.807, 2.05) is 19.1 Å². The average molecular weight is 318 g/mol. The van der Waals surface area contributed by atoms with Gasteiger partial charge in [0.25, 0.3) is 0 Å². The van der Waals surface area contributed by atoms with Crippen LogP contribution in [0.25, 0.3) is 0 Å². The van der Waals surface area contributed by atoms with Gasteiger partial charge in [-0.05, 0) is 38.0 Å². The Kier molecular flexibility index (Phi) is 5.90. The first-order valence-electron chi connectivity index (χ1n) is 7.50. The van der Waals surface area contributed by atoms with Crippen LogP contribution in [0.1, 0.15) is 40.4 Å². The first-order valence-corrected chi connectivity index (χ1v) is 7.50. The average Bonchev–Trinajstić information content (AvgIpc) is 2.98. The molecule has 1 aromatic carbocycles. The largest absolute Gasteiger partial charge is 0.465 e. The zero-order valence-corrected chi connectivity index (χ0v) is 13.6. The quantitative estimate of drug-likeness (QED) is 0.760. The summed E-state index contributed by atoms with van der Waals surface area (Å²) < 4.78 is 9.85. The van der Waals surface area contributed by atoms with Crippen molar-refractivity contribution >= 4 is 5.97 Å². The Labute approximate surface area is 135 Å². The lowest BCUT2D eigenvalue weighted by Crippen LogP contribution is -2.32. The Hall–Kier alpha value is -2.18. The molecule has 0 radical (unpaired) electrons. The van der Waals surface area contributed by atoms with Crippen LogP contribution in [0.4, 0.5) is 0 Å². The number of aryl methyl sites for hydroxylation is 1. The normalized spacial score (nSPS) is 13.6. The molecular weight excluding hydrogens is 296 g/mol. The van der Waals surface area contributed by atoms with E-state index in [1.165, 1.54) is 13.5 Å². The van der Waals surface area contributed by atoms with Gasteiger partial charge in [-0.25, -0.2) is 9.78 Å². The third-order valence-corrected chi connectivity index (χ3v) is 3.66. The minimum absolute atomic E-state index is 0.164. The van der Waals surface area contributed by atoms with Gasteiger partial charge >= 0.3 is 5.97 Å². The number of ether oxygens (including phenoxy) is 1. The van der Waals surface area contributed by atoms with Crippen LogP contribution in [0.2, 0.25) is 0 Å². The van der Waals surface area contributed by atoms with Crippen LogP contribution in [-0.4, -0.2) is 35.8 Å². The summed E-state index contributed by atoms with van der Waals surface area (Å²) in [5, 5.41) is 13.3. The van der Waals surface area contributed by atoms with Gasteiger partial charge in [0.1, 0.15) is 6.10 Å². The molecule has 0 amide bonds. The second kappa shape index (κ2) is 7.89. The van der Waals surface area contributed by atoms with Crippen molar-refractivity contribution in [2.75, 3.05) is 13.7 Å². The molecule has 6 heteroatoms. The standard InChI is InChI=1S/C17H22N2O4/c1-11(18-9-15(20)16-12(2)19-10-23-16)8-13-4-6-14(7-5-13)17(21)22-3/h4-7,10-11,15,18,20H,8-9H2,1-3H3. The summed E-state index contributed by atoms with van der Waals surface area (Å²) in [4.78, 5) is 15.4. The van der Waals surface area contributed by atoms with Crippen molar-refractivity contribution < 1.29 is 19.1 Å². The van der Waals surface area contributed by atoms with Gasteiger partial charge in [-0.3, -0.25) is 0 Å². The number of aliphatic hydroxyl groups is 1. The van der Waals surface area contributed by atoms with E-state index in [4.69, 9.17) is 4.42 Å². The Morgan fingerprint density at radius 3 is 2.65 bits per heavy atom. The summed E-state index contributed by atoms with van der Waals surface area (Å²) in [5.41, 5.74) is 2.33. The van der Waals surface area contributed by atoms with Gasteiger partial charge in [-0.2, -0.15) is 0 Å². The minimum Gasteiger partial charge on any atom is -0.465 e. The smallest absolute Gasteiger partial charge is 0.337 e. The Morgan fingerprint density at radius 2 is 2.09 bits per heavy atom. The first kappa shape index (κ1) is 17.2. The highest BCUT2D eigenvalue weighted by atomic mass is 16.5. The molecule has 2 rings (SSSR count). The third kappa shape index (κ3) is 4.64. The molecule has 0 aliphatic heterocycles. The number of methoxy groups -OCH3 is 1. The molecule has 2 N–H and O–H groups in total. The van der Waals surface area contributed by atoms with Crippen molar-refractivity contribution in [1.29, 1.82) is 0 Å². The molecule has 2 unspecified atom stereocenters. The molecule has 0 spiro atoms. The number of oxazole rings is 1. The first-order chi connectivity index (χ1) is 11.0. The lowest BCUT2D eigenvalue weighted by Gasteiger charge is -2.16. The number of nitrogens with one attached hydrogen (secondary N) is 1. The van der Waals surface area contributed by atoms with Gasteiger partial charge in [0.05, 0.1) is 18.4 Å². The molecule has 2 aromatic rings. The number of hydrogen-bond donors (Lipinski definition) is 2. The molecule has 0 saturated carbocycles. The van der Waals surface area contributed by atoms with Crippen molar-refractivity contribution in [3.63, 3.8) is 0 Å². The topological polar surface area (TPSA) is 84.6 Å². The lowest BCUT2D eigenvalue weighted by molar-refractivity contribution is 0.0600. The molecule has 0 saturated heterocycles. The number of esters is 1. The van der Waals surface area contributed by atoms with Crippen LogP contribution >= 0.6 is 0 Å². The fourth-order valence-electron chi connectivity index (χ4n) is 2.36. The molecule has 0 bridgehead atoms. The highest BCUT2D eigenvalue weighted by Gasteiger charge is 2.16. The van der Waals surface area contributed by atoms with Crippen molar-refractivity contribution in [2.45, 2.75) is 32.4 Å². The molecule has 0 fully saturated rings. The molecule has 0 aliphatic rings. The van der Waals surface area contributed by atoms with Gasteiger partial charge in [0.15, 0.2) is 12.2 Å². The van der Waals surface area contributed by atoms with Crippen molar-refractivity contribution in [2.24, 2.45) is 0 Å². The molecule has 6 nitrogen and oxygen atoms in total. The number of nitrogens with zero attached hydrogens (tertiary/aromatic N) is 1. The van der Waals surface area contributed by atoms with Crippen LogP contribution in [0.3, 0.4) is 0 Å². The van der Waals surface area contributed by atoms with E-state index in [0.717, 1.165) is 12.0 Å². The molecule has 0 aliphatic carbocycles. The monoisotopic (exact) mass is 318 g/mol. The Balaban J connectivity index is 1.84. The number of aromatic nitrogens is 1. The second-order valence-corrected chi connectivity index (χ2v) is 5.52. The van der Waals surface area contributed by atoms with Crippen molar-refractivity contribution in [3.8, 4) is 0 Å². The van der Waals surface area contributed by atoms with Crippen LogP contribution in [0.15, 0.2) is 35.1 Å². The van der Waals surface area contributed by atoms with E-state index in [9.17, 15) is 9.90 Å². The SMILES string of the molecule is COC(=O)c1ccc(CC(C)NCC(O)c2ocnc2C)cc1. The van der Waals surface area contributed by atoms with Crippen molar-refractivity contribution in [1.82, 2.24) is 10.3 Å². The maximum atomic E-state index is 11.4. The lowest BCUT2D eigenvalue weighted by atomic mass is 10.0. The Bertz CT molecular complexity index is 636. The van der Waals surface area contributed by atoms with Crippen LogP contribution in [-0.2, 0) is 11.2 Å². The summed E-state index contributed by atoms with van der Waals surface area (Å²) in [6, 6.07) is 7.47. The van der Waals surface area contributed by atoms with Gasteiger partial charge in [-0.1, -0.05) is 12.1 Å². The number of benzene rings is 1. The van der Waals surface area contributed by atoms with E-state index < -0.39 is 6.10 Å². The highest BCUT2D eigenvalue weighted by Crippen LogP contribution is 2.15. The number of hydrogen-bond acceptors (Lipinski definition) is 6. The maximum absolute atomic E-state index is 11.4. The van der Waals surface area contributed by atoms with Crippen LogP contribution < -0.4 is 5.32 Å². The molecule has 1 aromatic heterocycles. The predicted octanol–water partition coefficient (Wildman–Crippen LogP) is 2.02. The maximum Gasteiger partial charge on any atom is 0.337 e. The zero-order chi connectivity index (χ0) is 16.8. The molecule has 124 valence electrons. The fraction of sp³-hybridized carbons (Fsp3) is 0.412. The summed E-state index contributed by atoms with van der Waals surface area (Å²) in [6.07, 6.45) is 1.39. The van der Waals surface area contributed by atoms with E-state index >= 15 is 0 Å². The van der Waals surface area contributed by atoms with Crippen molar-refractivity contribution in [3.05, 3.63) is 53.2 Å². The van der Waals surface area contributed by atoms with E-state index in [0.29, 0.717) is 23.6 Å². The van der Waals surface area contributed by atoms with E-state index in [1.54, 1.807) is 19.1 Å². The summed E-state index contributed by atoms with van der Waals surface area (Å²) in [7, 11) is 1.36. The van der Waals surface area contributed by atoms with Crippen LogP contribution in [0.5, 0.6) is 0 Å². The number of aliphatic hydroxyl groups excluding tert-OH is 1. The number of carbonyl (C=O) groups excluding carboxylic acids is 1. The predicted molar refractivity (Wildman–Crippen MR) is 85.2 cm³/mol. The van der Waals surface area contributed by atoms with Gasteiger partial charge in [0, 0.05) is 12.6 Å². The molecule has 2 atom stereocenters. The van der Waals surface area contributed by atoms with Gasteiger partial charge in [-0.15, -0.1) is 0 Å². The van der Waals surface area contributed by atoms with Crippen LogP contribution in [0, 0.1) is 6.92 Å². The fourth-order valence-corrected chi connectivity index (χ4v) is 2.36. The molecule has 23 heavy (non-hydrogen) atoms. The third-order valence-electron chi connectivity index (χ3n) is 3.66. The van der Waals surface area contributed by atoms with E-state index in [-0.39, 0.29) is 12.0 Å². The van der Waals surface area contributed by atoms with Gasteiger partial charge in [0.2, 0.25) is 0 Å². The van der Waals surface area contributed by atoms with E-state index in [2.05, 4.69) is 15.0 Å². The summed E-state index contributed by atoms with van der Waals surface area (Å²) >= 11 is 0. The molecular formula is C17H22N2O4. The summed E-state index contributed by atoms with van der Waals surface area (Å²) in [6.45, 7) is 4.22. The number of carbonyl (C=O) groups is 1. The molecule has 1 heterocycles. The Morgan fingerprint density at radius 1 is 1.39 bits per heavy atom. The number of rotatable bonds is 7. The second-order valence-electron chi connectivity index (χ2n) is 5.52. The zero-order valence-electron chi connectivity index (χ0n) is 13.6. The van der Waals surface area contributed by atoms with Gasteiger partial charge < -0.3 is 19.6 Å². The highest BCUT2D eigenvalue weighted by molar-refractivity contribution is 5.89. The summed E-state index contributed by atoms with van der Waals surface area (Å²) in [5.74, 6) is 0.153.